The van der Waals surface area contributed by atoms with Crippen LogP contribution >= 0.6 is 0 Å². The highest BCUT2D eigenvalue weighted by atomic mass is 16.5. The number of methoxy groups -OCH3 is 2. The van der Waals surface area contributed by atoms with Gasteiger partial charge in [-0.3, -0.25) is 0 Å². The molecule has 86 valence electrons. The third-order valence-electron chi connectivity index (χ3n) is 2.54. The quantitative estimate of drug-likeness (QED) is 0.651. The molecule has 0 heterocycles. The molecule has 0 radical (unpaired) electrons. The summed E-state index contributed by atoms with van der Waals surface area (Å²) in [6, 6.07) is 0.574. The van der Waals surface area contributed by atoms with Crippen LogP contribution in [0.1, 0.15) is 27.2 Å². The average Bonchev–Trinajstić information content (AvgIpc) is 2.16. The van der Waals surface area contributed by atoms with Crippen LogP contribution in [0.15, 0.2) is 0 Å². The zero-order valence-electron chi connectivity index (χ0n) is 10.2. The van der Waals surface area contributed by atoms with Crippen LogP contribution in [-0.4, -0.2) is 39.5 Å². The minimum atomic E-state index is 0.160. The summed E-state index contributed by atoms with van der Waals surface area (Å²) < 4.78 is 10.3. The maximum Gasteiger partial charge on any atom is 0.0928 e. The molecule has 0 saturated carbocycles. The Bertz CT molecular complexity index is 128. The van der Waals surface area contributed by atoms with Crippen molar-refractivity contribution in [3.8, 4) is 0 Å². The van der Waals surface area contributed by atoms with Gasteiger partial charge in [-0.05, 0) is 12.3 Å². The number of hydrogen-bond donors (Lipinski definition) is 1. The van der Waals surface area contributed by atoms with E-state index >= 15 is 0 Å². The summed E-state index contributed by atoms with van der Waals surface area (Å²) in [5.41, 5.74) is 0. The molecule has 0 aromatic rings. The molecular weight excluding hydrogens is 178 g/mol. The van der Waals surface area contributed by atoms with Gasteiger partial charge >= 0.3 is 0 Å². The predicted octanol–water partition coefficient (Wildman–Crippen LogP) is 1.67. The van der Waals surface area contributed by atoms with E-state index in [1.54, 1.807) is 14.2 Å². The maximum atomic E-state index is 5.28. The van der Waals surface area contributed by atoms with E-state index in [1.165, 1.54) is 0 Å². The van der Waals surface area contributed by atoms with Crippen LogP contribution in [-0.2, 0) is 9.47 Å². The Hall–Kier alpha value is -0.120. The van der Waals surface area contributed by atoms with Crippen LogP contribution in [0.4, 0.5) is 0 Å². The Balaban J connectivity index is 3.75. The monoisotopic (exact) mass is 203 g/mol. The molecule has 0 bridgehead atoms. The van der Waals surface area contributed by atoms with Crippen LogP contribution in [0.25, 0.3) is 0 Å². The lowest BCUT2D eigenvalue weighted by atomic mass is 10.0. The highest BCUT2D eigenvalue weighted by Gasteiger charge is 2.13. The molecule has 0 fully saturated rings. The molecule has 1 N–H and O–H groups in total. The van der Waals surface area contributed by atoms with Crippen molar-refractivity contribution in [1.29, 1.82) is 0 Å². The molecule has 0 aromatic heterocycles. The van der Waals surface area contributed by atoms with Crippen molar-refractivity contribution in [2.24, 2.45) is 5.92 Å². The number of nitrogens with one attached hydrogen (secondary N) is 1. The third-order valence-corrected chi connectivity index (χ3v) is 2.54. The van der Waals surface area contributed by atoms with Gasteiger partial charge < -0.3 is 14.8 Å². The normalized spacial score (nSPS) is 15.9. The topological polar surface area (TPSA) is 30.5 Å². The van der Waals surface area contributed by atoms with Crippen molar-refractivity contribution in [1.82, 2.24) is 5.32 Å². The minimum absolute atomic E-state index is 0.160. The van der Waals surface area contributed by atoms with Gasteiger partial charge in [0.25, 0.3) is 0 Å². The van der Waals surface area contributed by atoms with Crippen LogP contribution in [0, 0.1) is 5.92 Å². The van der Waals surface area contributed by atoms with Crippen molar-refractivity contribution in [2.75, 3.05) is 27.4 Å². The number of ether oxygens (including phenoxy) is 2. The van der Waals surface area contributed by atoms with E-state index in [0.717, 1.165) is 13.0 Å². The molecule has 0 amide bonds. The van der Waals surface area contributed by atoms with Crippen molar-refractivity contribution < 1.29 is 9.47 Å². The van der Waals surface area contributed by atoms with Crippen molar-refractivity contribution >= 4 is 0 Å². The number of rotatable bonds is 8. The molecule has 2 unspecified atom stereocenters. The minimum Gasteiger partial charge on any atom is -0.382 e. The SMILES string of the molecule is CCC(NCC(COC)OC)C(C)C. The van der Waals surface area contributed by atoms with Crippen molar-refractivity contribution in [3.05, 3.63) is 0 Å². The third kappa shape index (κ3) is 5.58. The first-order valence-corrected chi connectivity index (χ1v) is 5.40. The summed E-state index contributed by atoms with van der Waals surface area (Å²) >= 11 is 0. The Morgan fingerprint density at radius 3 is 2.21 bits per heavy atom. The molecular formula is C11H25NO2. The van der Waals surface area contributed by atoms with Gasteiger partial charge in [0.1, 0.15) is 0 Å². The van der Waals surface area contributed by atoms with E-state index in [-0.39, 0.29) is 6.10 Å². The lowest BCUT2D eigenvalue weighted by molar-refractivity contribution is 0.0264. The van der Waals surface area contributed by atoms with Crippen molar-refractivity contribution in [3.63, 3.8) is 0 Å². The molecule has 0 aliphatic carbocycles. The maximum absolute atomic E-state index is 5.28. The predicted molar refractivity (Wildman–Crippen MR) is 59.6 cm³/mol. The van der Waals surface area contributed by atoms with Crippen LogP contribution in [0.2, 0.25) is 0 Å². The van der Waals surface area contributed by atoms with Gasteiger partial charge in [0.05, 0.1) is 12.7 Å². The van der Waals surface area contributed by atoms with Gasteiger partial charge in [-0.2, -0.15) is 0 Å². The summed E-state index contributed by atoms with van der Waals surface area (Å²) in [6.07, 6.45) is 1.31. The zero-order valence-corrected chi connectivity index (χ0v) is 10.2. The molecule has 0 aliphatic rings. The lowest BCUT2D eigenvalue weighted by Crippen LogP contribution is -2.40. The standard InChI is InChI=1S/C11H25NO2/c1-6-11(9(2)3)12-7-10(14-5)8-13-4/h9-12H,6-8H2,1-5H3. The van der Waals surface area contributed by atoms with E-state index in [4.69, 9.17) is 9.47 Å². The van der Waals surface area contributed by atoms with E-state index in [2.05, 4.69) is 26.1 Å². The Morgan fingerprint density at radius 2 is 1.86 bits per heavy atom. The first-order valence-electron chi connectivity index (χ1n) is 5.40. The summed E-state index contributed by atoms with van der Waals surface area (Å²) in [7, 11) is 3.42. The molecule has 14 heavy (non-hydrogen) atoms. The van der Waals surface area contributed by atoms with Crippen molar-refractivity contribution in [2.45, 2.75) is 39.3 Å². The molecule has 0 spiro atoms. The average molecular weight is 203 g/mol. The zero-order chi connectivity index (χ0) is 11.0. The summed E-state index contributed by atoms with van der Waals surface area (Å²) in [6.45, 7) is 8.19. The molecule has 3 heteroatoms. The fraction of sp³-hybridized carbons (Fsp3) is 1.00. The molecule has 3 nitrogen and oxygen atoms in total. The fourth-order valence-corrected chi connectivity index (χ4v) is 1.53. The fourth-order valence-electron chi connectivity index (χ4n) is 1.53. The second-order valence-corrected chi connectivity index (χ2v) is 3.98. The van der Waals surface area contributed by atoms with E-state index in [9.17, 15) is 0 Å². The highest BCUT2D eigenvalue weighted by molar-refractivity contribution is 4.71. The Labute approximate surface area is 88.2 Å². The highest BCUT2D eigenvalue weighted by Crippen LogP contribution is 2.05. The second-order valence-electron chi connectivity index (χ2n) is 3.98. The molecule has 0 rings (SSSR count). The first-order chi connectivity index (χ1) is 6.65. The summed E-state index contributed by atoms with van der Waals surface area (Å²) in [4.78, 5) is 0. The Kier molecular flexibility index (Phi) is 8.14. The van der Waals surface area contributed by atoms with Gasteiger partial charge in [0.2, 0.25) is 0 Å². The summed E-state index contributed by atoms with van der Waals surface area (Å²) in [5.74, 6) is 0.667. The van der Waals surface area contributed by atoms with E-state index < -0.39 is 0 Å². The number of hydrogen-bond acceptors (Lipinski definition) is 3. The molecule has 2 atom stereocenters. The first kappa shape index (κ1) is 13.9. The lowest BCUT2D eigenvalue weighted by Gasteiger charge is -2.23. The van der Waals surface area contributed by atoms with Gasteiger partial charge in [-0.15, -0.1) is 0 Å². The second kappa shape index (κ2) is 8.21. The van der Waals surface area contributed by atoms with Gasteiger partial charge in [0, 0.05) is 26.8 Å². The van der Waals surface area contributed by atoms with E-state index in [0.29, 0.717) is 18.6 Å². The van der Waals surface area contributed by atoms with E-state index in [1.807, 2.05) is 0 Å². The van der Waals surface area contributed by atoms with Crippen LogP contribution in [0.3, 0.4) is 0 Å². The van der Waals surface area contributed by atoms with Crippen LogP contribution in [0.5, 0.6) is 0 Å². The Morgan fingerprint density at radius 1 is 1.21 bits per heavy atom. The largest absolute Gasteiger partial charge is 0.382 e. The van der Waals surface area contributed by atoms with Crippen LogP contribution < -0.4 is 5.32 Å². The molecule has 0 aromatic carbocycles. The van der Waals surface area contributed by atoms with Gasteiger partial charge in [-0.1, -0.05) is 20.8 Å². The van der Waals surface area contributed by atoms with Gasteiger partial charge in [0.15, 0.2) is 0 Å². The summed E-state index contributed by atoms with van der Waals surface area (Å²) in [5, 5.41) is 3.50. The molecule has 0 saturated heterocycles. The smallest absolute Gasteiger partial charge is 0.0928 e. The van der Waals surface area contributed by atoms with Gasteiger partial charge in [-0.25, -0.2) is 0 Å². The molecule has 0 aliphatic heterocycles.